The molecule has 6 aliphatic rings. The largest absolute Gasteiger partial charge is 0.462 e. The number of ether oxygens (including phenoxy) is 3. The number of piperidine rings is 1. The molecule has 6 rings (SSSR count). The Balaban J connectivity index is 1.65. The highest BCUT2D eigenvalue weighted by Gasteiger charge is 2.93. The summed E-state index contributed by atoms with van der Waals surface area (Å²) in [7, 11) is 1.56. The molecule has 1 saturated heterocycles. The third kappa shape index (κ3) is 2.39. The molecule has 12 atom stereocenters. The number of fused-ring (bicyclic) bond motifs is 2. The van der Waals surface area contributed by atoms with Gasteiger partial charge in [-0.05, 0) is 43.6 Å². The molecule has 35 heavy (non-hydrogen) atoms. The van der Waals surface area contributed by atoms with Crippen molar-refractivity contribution in [3.63, 3.8) is 0 Å². The van der Waals surface area contributed by atoms with Crippen molar-refractivity contribution >= 4 is 11.9 Å². The minimum absolute atomic E-state index is 0.0568. The molecule has 7 bridgehead atoms. The minimum atomic E-state index is -1.95. The van der Waals surface area contributed by atoms with E-state index in [0.717, 1.165) is 13.0 Å². The maximum absolute atomic E-state index is 12.7. The third-order valence-electron chi connectivity index (χ3n) is 11.5. The molecular formula is C26H39NO8. The minimum Gasteiger partial charge on any atom is -0.462 e. The van der Waals surface area contributed by atoms with Crippen LogP contribution in [0.25, 0.3) is 0 Å². The van der Waals surface area contributed by atoms with Crippen molar-refractivity contribution in [2.45, 2.75) is 101 Å². The maximum Gasteiger partial charge on any atom is 0.303 e. The van der Waals surface area contributed by atoms with E-state index in [2.05, 4.69) is 18.7 Å². The number of methoxy groups -OCH3 is 1. The van der Waals surface area contributed by atoms with E-state index in [1.54, 1.807) is 7.11 Å². The van der Waals surface area contributed by atoms with Gasteiger partial charge in [0.15, 0.2) is 0 Å². The summed E-state index contributed by atoms with van der Waals surface area (Å²) in [6.07, 6.45) is 0.263. The van der Waals surface area contributed by atoms with Crippen molar-refractivity contribution in [1.82, 2.24) is 4.90 Å². The summed E-state index contributed by atoms with van der Waals surface area (Å²) in [4.78, 5) is 26.8. The molecular weight excluding hydrogens is 454 g/mol. The van der Waals surface area contributed by atoms with E-state index in [1.807, 2.05) is 0 Å². The van der Waals surface area contributed by atoms with E-state index in [-0.39, 0.29) is 29.6 Å². The van der Waals surface area contributed by atoms with Gasteiger partial charge in [0.1, 0.15) is 29.0 Å². The van der Waals surface area contributed by atoms with Gasteiger partial charge in [-0.15, -0.1) is 0 Å². The molecule has 1 heterocycles. The highest BCUT2D eigenvalue weighted by atomic mass is 16.6. The molecule has 0 radical (unpaired) electrons. The van der Waals surface area contributed by atoms with Crippen LogP contribution >= 0.6 is 0 Å². The second kappa shape index (κ2) is 6.98. The summed E-state index contributed by atoms with van der Waals surface area (Å²) >= 11 is 0. The van der Waals surface area contributed by atoms with Crippen LogP contribution in [0.3, 0.4) is 0 Å². The smallest absolute Gasteiger partial charge is 0.303 e. The Kier molecular flexibility index (Phi) is 4.81. The van der Waals surface area contributed by atoms with Gasteiger partial charge in [0.2, 0.25) is 0 Å². The molecule has 5 saturated carbocycles. The monoisotopic (exact) mass is 493 g/mol. The molecule has 5 aliphatic carbocycles. The van der Waals surface area contributed by atoms with E-state index >= 15 is 0 Å². The molecule has 0 amide bonds. The highest BCUT2D eigenvalue weighted by molar-refractivity contribution is 5.67. The first kappa shape index (κ1) is 24.1. The Labute approximate surface area is 206 Å². The average molecular weight is 494 g/mol. The van der Waals surface area contributed by atoms with Crippen molar-refractivity contribution in [2.75, 3.05) is 20.2 Å². The first-order chi connectivity index (χ1) is 16.3. The lowest BCUT2D eigenvalue weighted by atomic mass is 9.41. The average Bonchev–Trinajstić information content (AvgIpc) is 3.14. The lowest BCUT2D eigenvalue weighted by Crippen LogP contribution is -2.87. The van der Waals surface area contributed by atoms with E-state index < -0.39 is 58.5 Å². The van der Waals surface area contributed by atoms with Crippen LogP contribution in [-0.4, -0.2) is 93.5 Å². The van der Waals surface area contributed by atoms with E-state index in [1.165, 1.54) is 13.8 Å². The zero-order valence-corrected chi connectivity index (χ0v) is 21.3. The van der Waals surface area contributed by atoms with Gasteiger partial charge in [-0.3, -0.25) is 14.5 Å². The van der Waals surface area contributed by atoms with Gasteiger partial charge in [-0.25, -0.2) is 0 Å². The van der Waals surface area contributed by atoms with Gasteiger partial charge in [-0.1, -0.05) is 13.8 Å². The lowest BCUT2D eigenvalue weighted by molar-refractivity contribution is -0.365. The topological polar surface area (TPSA) is 126 Å². The number of likely N-dealkylation sites (tertiary alicyclic amines) is 1. The number of carbonyl (C=O) groups excluding carboxylic acids is 2. The molecule has 1 spiro atoms. The molecule has 6 fully saturated rings. The number of carbonyl (C=O) groups is 2. The van der Waals surface area contributed by atoms with Crippen molar-refractivity contribution in [3.8, 4) is 0 Å². The predicted octanol–water partition coefficient (Wildman–Crippen LogP) is 0.622. The van der Waals surface area contributed by atoms with Crippen LogP contribution in [0.4, 0.5) is 0 Å². The number of nitrogens with zero attached hydrogens (tertiary/aromatic N) is 1. The third-order valence-corrected chi connectivity index (χ3v) is 11.5. The van der Waals surface area contributed by atoms with Gasteiger partial charge >= 0.3 is 11.9 Å². The standard InChI is InChI=1S/C26H39NO8/c1-6-27-12-22(4)8-7-19(34-13(2)28)25-17-9-15-16(33-5)10-24(31,23(30,21(25)27)11-18(22)25)26(17,32)20(15)35-14(3)29/h15-21,30-32H,6-12H2,1-5H3/t15-,16+,17+,18-,19+,20+,21?,22+,23-,24+,25-,26+/m1/s1. The van der Waals surface area contributed by atoms with Crippen LogP contribution in [0.2, 0.25) is 0 Å². The molecule has 0 aromatic rings. The fourth-order valence-electron chi connectivity index (χ4n) is 10.7. The molecule has 3 N–H and O–H groups in total. The summed E-state index contributed by atoms with van der Waals surface area (Å²) in [6.45, 7) is 8.44. The van der Waals surface area contributed by atoms with E-state index in [4.69, 9.17) is 14.2 Å². The summed E-state index contributed by atoms with van der Waals surface area (Å²) in [5, 5.41) is 38.0. The molecule has 9 heteroatoms. The zero-order valence-electron chi connectivity index (χ0n) is 21.3. The fourth-order valence-corrected chi connectivity index (χ4v) is 10.7. The van der Waals surface area contributed by atoms with E-state index in [9.17, 15) is 24.9 Å². The Morgan fingerprint density at radius 3 is 2.34 bits per heavy atom. The van der Waals surface area contributed by atoms with E-state index in [0.29, 0.717) is 25.8 Å². The summed E-state index contributed by atoms with van der Waals surface area (Å²) < 4.78 is 17.6. The van der Waals surface area contributed by atoms with Crippen LogP contribution in [0, 0.1) is 28.6 Å². The van der Waals surface area contributed by atoms with Crippen LogP contribution in [0.1, 0.15) is 59.8 Å². The number of hydrogen-bond acceptors (Lipinski definition) is 9. The van der Waals surface area contributed by atoms with Crippen molar-refractivity contribution in [1.29, 1.82) is 0 Å². The molecule has 9 nitrogen and oxygen atoms in total. The quantitative estimate of drug-likeness (QED) is 0.483. The van der Waals surface area contributed by atoms with Crippen LogP contribution in [0.15, 0.2) is 0 Å². The van der Waals surface area contributed by atoms with Crippen molar-refractivity contribution in [3.05, 3.63) is 0 Å². The van der Waals surface area contributed by atoms with Gasteiger partial charge in [0.25, 0.3) is 0 Å². The summed E-state index contributed by atoms with van der Waals surface area (Å²) in [5.41, 5.74) is -6.48. The van der Waals surface area contributed by atoms with Crippen LogP contribution in [0.5, 0.6) is 0 Å². The van der Waals surface area contributed by atoms with Crippen molar-refractivity contribution in [2.24, 2.45) is 28.6 Å². The number of rotatable bonds is 4. The maximum atomic E-state index is 12.7. The first-order valence-electron chi connectivity index (χ1n) is 13.1. The second-order valence-corrected chi connectivity index (χ2v) is 12.6. The fraction of sp³-hybridized carbons (Fsp3) is 0.923. The number of esters is 2. The number of likely N-dealkylation sites (N-methyl/N-ethyl adjacent to an activating group) is 1. The molecule has 196 valence electrons. The number of aliphatic hydroxyl groups is 3. The second-order valence-electron chi connectivity index (χ2n) is 12.6. The van der Waals surface area contributed by atoms with Crippen LogP contribution in [-0.2, 0) is 23.8 Å². The predicted molar refractivity (Wildman–Crippen MR) is 122 cm³/mol. The van der Waals surface area contributed by atoms with Gasteiger partial charge in [0, 0.05) is 51.2 Å². The Bertz CT molecular complexity index is 975. The van der Waals surface area contributed by atoms with Gasteiger partial charge in [0.05, 0.1) is 12.1 Å². The van der Waals surface area contributed by atoms with Crippen LogP contribution < -0.4 is 0 Å². The molecule has 1 aliphatic heterocycles. The lowest BCUT2D eigenvalue weighted by Gasteiger charge is -2.71. The summed E-state index contributed by atoms with van der Waals surface area (Å²) in [5.74, 6) is -1.86. The molecule has 0 aromatic carbocycles. The molecule has 1 unspecified atom stereocenters. The van der Waals surface area contributed by atoms with Gasteiger partial charge < -0.3 is 29.5 Å². The Morgan fingerprint density at radius 1 is 1.06 bits per heavy atom. The Hall–Kier alpha value is -1.26. The highest BCUT2D eigenvalue weighted by Crippen LogP contribution is 2.81. The SMILES string of the molecule is CCN1C[C@]2(C)CC[C@H](OC(C)=O)[C@]34C1[C@](O)(C[C@H]23)[C@@]1(O)C[C@H](OC)[C@H]2C[C@@H]4[C@]1(O)[C@H]2OC(C)=O. The zero-order chi connectivity index (χ0) is 25.3. The first-order valence-corrected chi connectivity index (χ1v) is 13.1. The van der Waals surface area contributed by atoms with Crippen molar-refractivity contribution < 1.29 is 39.1 Å². The normalized spacial score (nSPS) is 57.7. The Morgan fingerprint density at radius 2 is 1.74 bits per heavy atom. The number of hydrogen-bond donors (Lipinski definition) is 3. The van der Waals surface area contributed by atoms with Gasteiger partial charge in [-0.2, -0.15) is 0 Å². The molecule has 0 aromatic heterocycles. The summed E-state index contributed by atoms with van der Waals surface area (Å²) in [6, 6.07) is -0.495.